The van der Waals surface area contributed by atoms with Crippen LogP contribution in [0.25, 0.3) is 10.9 Å². The summed E-state index contributed by atoms with van der Waals surface area (Å²) in [6.45, 7) is 7.76. The fourth-order valence-corrected chi connectivity index (χ4v) is 5.46. The van der Waals surface area contributed by atoms with Crippen molar-refractivity contribution in [1.82, 2.24) is 20.5 Å². The normalized spacial score (nSPS) is 20.3. The molecule has 3 N–H and O–H groups in total. The number of amides is 3. The lowest BCUT2D eigenvalue weighted by Crippen LogP contribution is -2.58. The van der Waals surface area contributed by atoms with Gasteiger partial charge in [-0.15, -0.1) is 0 Å². The standard InChI is InChI=1S/C28H32N4O3/c1-5-16(4)23(27(34)29-15(2)3)31-26(33)22-14-20-17-10-8-9-13-21(17)30-24(20)25-18-11-6-7-12-19(18)28(35)32(22)25/h6-13,15-16,22-23,25,30H,5,14H2,1-4H3,(H,29,34)(H,31,33)/t16-,22-,23-,25-/m0/s1. The largest absolute Gasteiger partial charge is 0.356 e. The minimum absolute atomic E-state index is 0.0338. The highest BCUT2D eigenvalue weighted by molar-refractivity contribution is 6.04. The van der Waals surface area contributed by atoms with Crippen LogP contribution in [-0.2, 0) is 16.0 Å². The first-order valence-electron chi connectivity index (χ1n) is 12.4. The van der Waals surface area contributed by atoms with Crippen molar-refractivity contribution in [3.63, 3.8) is 0 Å². The predicted molar refractivity (Wildman–Crippen MR) is 135 cm³/mol. The molecule has 2 aromatic carbocycles. The van der Waals surface area contributed by atoms with Gasteiger partial charge in [-0.05, 0) is 43.0 Å². The van der Waals surface area contributed by atoms with Gasteiger partial charge in [-0.25, -0.2) is 0 Å². The second-order valence-corrected chi connectivity index (χ2v) is 10.0. The van der Waals surface area contributed by atoms with Crippen LogP contribution in [0.5, 0.6) is 0 Å². The molecule has 0 fully saturated rings. The van der Waals surface area contributed by atoms with Crippen LogP contribution in [0.3, 0.4) is 0 Å². The molecule has 2 aliphatic heterocycles. The van der Waals surface area contributed by atoms with Crippen LogP contribution in [0.15, 0.2) is 48.5 Å². The number of rotatable bonds is 6. The molecular weight excluding hydrogens is 440 g/mol. The molecule has 0 spiro atoms. The molecule has 0 saturated carbocycles. The summed E-state index contributed by atoms with van der Waals surface area (Å²) in [6.07, 6.45) is 1.13. The zero-order valence-corrected chi connectivity index (χ0v) is 20.6. The van der Waals surface area contributed by atoms with Crippen molar-refractivity contribution >= 4 is 28.6 Å². The Hall–Kier alpha value is -3.61. The zero-order chi connectivity index (χ0) is 24.9. The van der Waals surface area contributed by atoms with Crippen molar-refractivity contribution in [2.24, 2.45) is 5.92 Å². The lowest BCUT2D eigenvalue weighted by molar-refractivity contribution is -0.133. The minimum atomic E-state index is -0.718. The van der Waals surface area contributed by atoms with E-state index >= 15 is 0 Å². The van der Waals surface area contributed by atoms with Crippen molar-refractivity contribution in [1.29, 1.82) is 0 Å². The molecule has 3 aromatic rings. The third-order valence-corrected chi connectivity index (χ3v) is 7.38. The summed E-state index contributed by atoms with van der Waals surface area (Å²) in [5.74, 6) is -0.691. The van der Waals surface area contributed by atoms with Crippen LogP contribution in [0, 0.1) is 5.92 Å². The summed E-state index contributed by atoms with van der Waals surface area (Å²) in [5, 5.41) is 7.01. The second kappa shape index (κ2) is 8.87. The Morgan fingerprint density at radius 1 is 1.06 bits per heavy atom. The Balaban J connectivity index is 1.56. The summed E-state index contributed by atoms with van der Waals surface area (Å²) in [4.78, 5) is 45.6. The van der Waals surface area contributed by atoms with Gasteiger partial charge >= 0.3 is 0 Å². The number of aromatic amines is 1. The average molecular weight is 473 g/mol. The molecule has 4 atom stereocenters. The van der Waals surface area contributed by atoms with Gasteiger partial charge in [0.2, 0.25) is 11.8 Å². The maximum Gasteiger partial charge on any atom is 0.255 e. The number of hydrogen-bond donors (Lipinski definition) is 3. The molecule has 3 amide bonds. The smallest absolute Gasteiger partial charge is 0.255 e. The maximum absolute atomic E-state index is 13.8. The minimum Gasteiger partial charge on any atom is -0.356 e. The highest BCUT2D eigenvalue weighted by Gasteiger charge is 2.49. The van der Waals surface area contributed by atoms with E-state index in [0.717, 1.165) is 34.1 Å². The number of hydrogen-bond acceptors (Lipinski definition) is 3. The van der Waals surface area contributed by atoms with Crippen LogP contribution in [0.2, 0.25) is 0 Å². The van der Waals surface area contributed by atoms with Gasteiger partial charge in [0.25, 0.3) is 5.91 Å². The third-order valence-electron chi connectivity index (χ3n) is 7.38. The Labute approximate surface area is 205 Å². The molecule has 1 aromatic heterocycles. The van der Waals surface area contributed by atoms with E-state index in [-0.39, 0.29) is 35.7 Å². The van der Waals surface area contributed by atoms with E-state index in [1.165, 1.54) is 0 Å². The lowest BCUT2D eigenvalue weighted by atomic mass is 9.89. The summed E-state index contributed by atoms with van der Waals surface area (Å²) >= 11 is 0. The van der Waals surface area contributed by atoms with E-state index in [2.05, 4.69) is 21.7 Å². The number of fused-ring (bicyclic) bond motifs is 7. The number of nitrogens with zero attached hydrogens (tertiary/aromatic N) is 1. The van der Waals surface area contributed by atoms with Crippen LogP contribution < -0.4 is 10.6 Å². The van der Waals surface area contributed by atoms with Crippen LogP contribution in [-0.4, -0.2) is 45.7 Å². The fraction of sp³-hybridized carbons (Fsp3) is 0.393. The zero-order valence-electron chi connectivity index (χ0n) is 20.6. The number of carbonyl (C=O) groups excluding carboxylic acids is 3. The number of benzene rings is 2. The van der Waals surface area contributed by atoms with Crippen LogP contribution in [0.4, 0.5) is 0 Å². The Kier molecular flexibility index (Phi) is 5.87. The SMILES string of the molecule is CC[C@H](C)[C@H](NC(=O)[C@@H]1Cc2c([nH]c3ccccc23)[C@@H]2c3ccccc3C(=O)N21)C(=O)NC(C)C. The Morgan fingerprint density at radius 2 is 1.77 bits per heavy atom. The summed E-state index contributed by atoms with van der Waals surface area (Å²) in [6, 6.07) is 13.8. The summed E-state index contributed by atoms with van der Waals surface area (Å²) < 4.78 is 0. The van der Waals surface area contributed by atoms with Gasteiger partial charge in [0.05, 0.1) is 6.04 Å². The molecule has 3 heterocycles. The van der Waals surface area contributed by atoms with Gasteiger partial charge in [0.1, 0.15) is 12.1 Å². The molecule has 0 bridgehead atoms. The van der Waals surface area contributed by atoms with Crippen LogP contribution >= 0.6 is 0 Å². The first kappa shape index (κ1) is 23.1. The first-order chi connectivity index (χ1) is 16.8. The van der Waals surface area contributed by atoms with E-state index in [4.69, 9.17) is 0 Å². The topological polar surface area (TPSA) is 94.3 Å². The van der Waals surface area contributed by atoms with Gasteiger partial charge < -0.3 is 20.5 Å². The van der Waals surface area contributed by atoms with Gasteiger partial charge in [0.15, 0.2) is 0 Å². The first-order valence-corrected chi connectivity index (χ1v) is 12.4. The van der Waals surface area contributed by atoms with Gasteiger partial charge in [-0.1, -0.05) is 56.7 Å². The van der Waals surface area contributed by atoms with Crippen molar-refractivity contribution in [3.8, 4) is 0 Å². The monoisotopic (exact) mass is 472 g/mol. The number of para-hydroxylation sites is 1. The fourth-order valence-electron chi connectivity index (χ4n) is 5.46. The highest BCUT2D eigenvalue weighted by atomic mass is 16.2. The molecule has 182 valence electrons. The van der Waals surface area contributed by atoms with Crippen molar-refractivity contribution in [3.05, 3.63) is 70.9 Å². The molecular formula is C28H32N4O3. The molecule has 5 rings (SSSR count). The molecule has 35 heavy (non-hydrogen) atoms. The quantitative estimate of drug-likeness (QED) is 0.511. The Bertz CT molecular complexity index is 1310. The van der Waals surface area contributed by atoms with E-state index < -0.39 is 12.1 Å². The number of nitrogens with one attached hydrogen (secondary N) is 3. The second-order valence-electron chi connectivity index (χ2n) is 10.0. The third kappa shape index (κ3) is 3.79. The molecule has 7 heteroatoms. The average Bonchev–Trinajstić information content (AvgIpc) is 3.36. The lowest BCUT2D eigenvalue weighted by Gasteiger charge is -2.38. The molecule has 0 unspecified atom stereocenters. The number of carbonyl (C=O) groups is 3. The molecule has 0 saturated heterocycles. The van der Waals surface area contributed by atoms with E-state index in [1.54, 1.807) is 4.90 Å². The van der Waals surface area contributed by atoms with E-state index in [9.17, 15) is 14.4 Å². The van der Waals surface area contributed by atoms with Crippen molar-refractivity contribution < 1.29 is 14.4 Å². The molecule has 0 aliphatic carbocycles. The van der Waals surface area contributed by atoms with Gasteiger partial charge in [-0.3, -0.25) is 14.4 Å². The number of aromatic nitrogens is 1. The van der Waals surface area contributed by atoms with E-state index in [0.29, 0.717) is 12.0 Å². The van der Waals surface area contributed by atoms with Crippen LogP contribution in [0.1, 0.15) is 67.3 Å². The number of H-pyrrole nitrogens is 1. The van der Waals surface area contributed by atoms with Crippen molar-refractivity contribution in [2.45, 2.75) is 64.7 Å². The molecule has 7 nitrogen and oxygen atoms in total. The van der Waals surface area contributed by atoms with Gasteiger partial charge in [0, 0.05) is 34.6 Å². The Morgan fingerprint density at radius 3 is 2.51 bits per heavy atom. The van der Waals surface area contributed by atoms with Crippen molar-refractivity contribution in [2.75, 3.05) is 0 Å². The predicted octanol–water partition coefficient (Wildman–Crippen LogP) is 3.69. The van der Waals surface area contributed by atoms with E-state index in [1.807, 2.05) is 70.2 Å². The van der Waals surface area contributed by atoms with Gasteiger partial charge in [-0.2, -0.15) is 0 Å². The molecule has 2 aliphatic rings. The summed E-state index contributed by atoms with van der Waals surface area (Å²) in [5.41, 5.74) is 4.53. The maximum atomic E-state index is 13.8. The highest BCUT2D eigenvalue weighted by Crippen LogP contribution is 2.46. The molecule has 0 radical (unpaired) electrons. The summed E-state index contributed by atoms with van der Waals surface area (Å²) in [7, 11) is 0.